The van der Waals surface area contributed by atoms with Crippen LogP contribution in [0.15, 0.2) is 48.8 Å². The van der Waals surface area contributed by atoms with E-state index >= 15 is 0 Å². The molecule has 2 heterocycles. The second-order valence-corrected chi connectivity index (χ2v) is 5.93. The summed E-state index contributed by atoms with van der Waals surface area (Å²) in [6.07, 6.45) is 3.50. The molecule has 0 aromatic heterocycles. The summed E-state index contributed by atoms with van der Waals surface area (Å²) in [5.74, 6) is 0. The number of benzene rings is 1. The highest BCUT2D eigenvalue weighted by Crippen LogP contribution is 2.29. The van der Waals surface area contributed by atoms with Crippen molar-refractivity contribution in [1.82, 2.24) is 9.80 Å². The fourth-order valence-corrected chi connectivity index (χ4v) is 3.10. The van der Waals surface area contributed by atoms with Crippen LogP contribution < -0.4 is 10.6 Å². The molecule has 4 nitrogen and oxygen atoms in total. The Kier molecular flexibility index (Phi) is 4.67. The summed E-state index contributed by atoms with van der Waals surface area (Å²) in [5.41, 5.74) is 6.43. The predicted molar refractivity (Wildman–Crippen MR) is 87.0 cm³/mol. The molecule has 0 atom stereocenters. The molecule has 0 unspecified atom stereocenters. The molecule has 1 fully saturated rings. The van der Waals surface area contributed by atoms with Gasteiger partial charge in [-0.1, -0.05) is 12.1 Å². The summed E-state index contributed by atoms with van der Waals surface area (Å²) in [5, 5.41) is 0. The summed E-state index contributed by atoms with van der Waals surface area (Å²) in [7, 11) is 0. The van der Waals surface area contributed by atoms with Gasteiger partial charge in [-0.05, 0) is 30.4 Å². The van der Waals surface area contributed by atoms with E-state index in [0.29, 0.717) is 24.5 Å². The molecule has 1 radical (unpaired) electrons. The monoisotopic (exact) mass is 337 g/mol. The van der Waals surface area contributed by atoms with Gasteiger partial charge in [-0.25, -0.2) is 4.90 Å². The van der Waals surface area contributed by atoms with Crippen LogP contribution >= 0.6 is 0 Å². The maximum absolute atomic E-state index is 12.8. The smallest absolute Gasteiger partial charge is 0.328 e. The lowest BCUT2D eigenvalue weighted by molar-refractivity contribution is -0.253. The van der Waals surface area contributed by atoms with E-state index in [2.05, 4.69) is 6.07 Å². The fraction of sp³-hybridized carbons (Fsp3) is 0.412. The van der Waals surface area contributed by atoms with Gasteiger partial charge < -0.3 is 10.6 Å². The molecule has 2 N–H and O–H groups in total. The Morgan fingerprint density at radius 3 is 2.12 bits per heavy atom. The molecule has 1 aromatic rings. The van der Waals surface area contributed by atoms with E-state index in [-0.39, 0.29) is 13.1 Å². The van der Waals surface area contributed by atoms with Gasteiger partial charge in [0.05, 0.1) is 5.54 Å². The van der Waals surface area contributed by atoms with Gasteiger partial charge in [0.25, 0.3) is 0 Å². The van der Waals surface area contributed by atoms with Crippen LogP contribution in [0.1, 0.15) is 0 Å². The number of alkyl halides is 3. The highest BCUT2D eigenvalue weighted by atomic mass is 19.4. The molecule has 24 heavy (non-hydrogen) atoms. The Labute approximate surface area is 139 Å². The van der Waals surface area contributed by atoms with Crippen LogP contribution in [-0.4, -0.2) is 54.4 Å². The third-order valence-electron chi connectivity index (χ3n) is 4.60. The van der Waals surface area contributed by atoms with Crippen molar-refractivity contribution in [2.45, 2.75) is 11.8 Å². The number of anilines is 1. The van der Waals surface area contributed by atoms with Crippen LogP contribution in [0.4, 0.5) is 18.9 Å². The predicted octanol–water partition coefficient (Wildman–Crippen LogP) is 2.17. The molecule has 3 rings (SSSR count). The average Bonchev–Trinajstić information content (AvgIpc) is 2.62. The Morgan fingerprint density at radius 2 is 1.62 bits per heavy atom. The largest absolute Gasteiger partial charge is 0.460 e. The Balaban J connectivity index is 1.70. The molecule has 1 saturated heterocycles. The van der Waals surface area contributed by atoms with Crippen molar-refractivity contribution in [2.75, 3.05) is 37.6 Å². The maximum Gasteiger partial charge on any atom is 0.460 e. The average molecular weight is 337 g/mol. The first-order valence-corrected chi connectivity index (χ1v) is 7.85. The first-order valence-electron chi connectivity index (χ1n) is 7.85. The minimum atomic E-state index is -4.26. The summed E-state index contributed by atoms with van der Waals surface area (Å²) in [4.78, 5) is 4.52. The van der Waals surface area contributed by atoms with Crippen LogP contribution in [0.5, 0.6) is 0 Å². The number of rotatable bonds is 3. The number of hydrogen-bond donors (Lipinski definition) is 1. The van der Waals surface area contributed by atoms with E-state index < -0.39 is 11.8 Å². The molecule has 129 valence electrons. The van der Waals surface area contributed by atoms with E-state index in [4.69, 9.17) is 5.73 Å². The summed E-state index contributed by atoms with van der Waals surface area (Å²) in [6.45, 7) is 0.899. The second-order valence-electron chi connectivity index (χ2n) is 5.93. The van der Waals surface area contributed by atoms with Crippen molar-refractivity contribution in [1.29, 1.82) is 0 Å². The highest BCUT2D eigenvalue weighted by Gasteiger charge is 2.42. The van der Waals surface area contributed by atoms with Crippen molar-refractivity contribution in [2.24, 2.45) is 5.73 Å². The molecule has 0 spiro atoms. The van der Waals surface area contributed by atoms with Gasteiger partial charge >= 0.3 is 6.30 Å². The number of piperazine rings is 1. The number of halogens is 3. The standard InChI is InChI=1S/C17H20F3N4/c18-17(19,20)24-12-10-23(11-13-24)16(14-21)6-8-22(9-7-16)15-4-2-1-3-5-15/h2-9H,10-14,21H2. The summed E-state index contributed by atoms with van der Waals surface area (Å²) >= 11 is 0. The summed E-state index contributed by atoms with van der Waals surface area (Å²) in [6, 6.07) is 10.5. The third-order valence-corrected chi connectivity index (χ3v) is 4.60. The topological polar surface area (TPSA) is 35.7 Å². The molecule has 0 bridgehead atoms. The zero-order valence-electron chi connectivity index (χ0n) is 13.2. The first kappa shape index (κ1) is 17.0. The molecule has 2 aliphatic rings. The molecule has 7 heteroatoms. The van der Waals surface area contributed by atoms with E-state index in [9.17, 15) is 13.2 Å². The minimum absolute atomic E-state index is 0.0365. The van der Waals surface area contributed by atoms with Gasteiger partial charge in [0.15, 0.2) is 0 Å². The van der Waals surface area contributed by atoms with Gasteiger partial charge in [-0.15, -0.1) is 0 Å². The lowest BCUT2D eigenvalue weighted by Crippen LogP contribution is -2.61. The van der Waals surface area contributed by atoms with Gasteiger partial charge in [-0.3, -0.25) is 4.90 Å². The van der Waals surface area contributed by atoms with Crippen LogP contribution in [0, 0.1) is 6.07 Å². The third kappa shape index (κ3) is 3.33. The van der Waals surface area contributed by atoms with Crippen LogP contribution in [0.25, 0.3) is 0 Å². The lowest BCUT2D eigenvalue weighted by atomic mass is 9.94. The van der Waals surface area contributed by atoms with E-state index in [0.717, 1.165) is 5.69 Å². The maximum atomic E-state index is 12.8. The van der Waals surface area contributed by atoms with Crippen LogP contribution in [0.2, 0.25) is 0 Å². The van der Waals surface area contributed by atoms with E-state index in [1.54, 1.807) is 0 Å². The molecule has 0 amide bonds. The second kappa shape index (κ2) is 6.58. The SMILES string of the molecule is NCC1(N2CCN(C(F)(F)F)CC2)C=CN(c2cc[c]cc2)C=C1. The van der Waals surface area contributed by atoms with Crippen molar-refractivity contribution >= 4 is 5.69 Å². The minimum Gasteiger partial charge on any atom is -0.328 e. The van der Waals surface area contributed by atoms with Crippen molar-refractivity contribution in [3.63, 3.8) is 0 Å². The van der Waals surface area contributed by atoms with Gasteiger partial charge in [0.1, 0.15) is 0 Å². The molecule has 1 aromatic carbocycles. The van der Waals surface area contributed by atoms with Crippen LogP contribution in [0.3, 0.4) is 0 Å². The van der Waals surface area contributed by atoms with Crippen molar-refractivity contribution < 1.29 is 13.2 Å². The van der Waals surface area contributed by atoms with Crippen LogP contribution in [-0.2, 0) is 0 Å². The Bertz CT molecular complexity index is 590. The normalized spacial score (nSPS) is 22.1. The first-order chi connectivity index (χ1) is 11.4. The molecule has 0 aliphatic carbocycles. The molecular weight excluding hydrogens is 317 g/mol. The Morgan fingerprint density at radius 1 is 1.04 bits per heavy atom. The molecule has 0 saturated carbocycles. The molecule has 2 aliphatic heterocycles. The van der Waals surface area contributed by atoms with E-state index in [1.165, 1.54) is 0 Å². The zero-order valence-corrected chi connectivity index (χ0v) is 13.2. The quantitative estimate of drug-likeness (QED) is 0.858. The molecular formula is C17H20F3N4. The van der Waals surface area contributed by atoms with Gasteiger partial charge in [-0.2, -0.15) is 13.2 Å². The summed E-state index contributed by atoms with van der Waals surface area (Å²) < 4.78 is 38.3. The van der Waals surface area contributed by atoms with Gasteiger partial charge in [0.2, 0.25) is 0 Å². The van der Waals surface area contributed by atoms with Crippen molar-refractivity contribution in [3.8, 4) is 0 Å². The van der Waals surface area contributed by atoms with Gasteiger partial charge in [0, 0.05) is 50.8 Å². The zero-order chi connectivity index (χ0) is 17.2. The lowest BCUT2D eigenvalue weighted by Gasteiger charge is -2.46. The number of nitrogens with zero attached hydrogens (tertiary/aromatic N) is 3. The van der Waals surface area contributed by atoms with Crippen molar-refractivity contribution in [3.05, 3.63) is 54.9 Å². The van der Waals surface area contributed by atoms with E-state index in [1.807, 2.05) is 58.6 Å². The number of hydrogen-bond acceptors (Lipinski definition) is 4. The fourth-order valence-electron chi connectivity index (χ4n) is 3.10. The Hall–Kier alpha value is -1.83. The highest BCUT2D eigenvalue weighted by molar-refractivity contribution is 5.54. The number of nitrogens with two attached hydrogens (primary N) is 1.